The fourth-order valence-corrected chi connectivity index (χ4v) is 2.63. The Morgan fingerprint density at radius 1 is 1.18 bits per heavy atom. The third-order valence-electron chi connectivity index (χ3n) is 4.63. The number of nitrogens with zero attached hydrogens (tertiary/aromatic N) is 4. The van der Waals surface area contributed by atoms with Crippen LogP contribution in [-0.2, 0) is 23.7 Å². The van der Waals surface area contributed by atoms with E-state index in [9.17, 15) is 0 Å². The van der Waals surface area contributed by atoms with Crippen LogP contribution in [0.1, 0.15) is 37.5 Å². The minimum atomic E-state index is -0.0163. The Labute approximate surface area is 185 Å². The number of benzene rings is 1. The van der Waals surface area contributed by atoms with E-state index in [-0.39, 0.29) is 29.4 Å². The lowest BCUT2D eigenvalue weighted by Crippen LogP contribution is -2.44. The number of rotatable bonds is 9. The third-order valence-corrected chi connectivity index (χ3v) is 4.63. The number of guanidine groups is 1. The van der Waals surface area contributed by atoms with E-state index in [4.69, 9.17) is 9.73 Å². The highest BCUT2D eigenvalue weighted by molar-refractivity contribution is 14.0. The Hall–Kier alpha value is -1.68. The second-order valence-corrected chi connectivity index (χ2v) is 7.26. The van der Waals surface area contributed by atoms with Gasteiger partial charge in [-0.2, -0.15) is 0 Å². The van der Waals surface area contributed by atoms with Gasteiger partial charge in [0.05, 0.1) is 0 Å². The van der Waals surface area contributed by atoms with Crippen LogP contribution in [0.5, 0.6) is 0 Å². The summed E-state index contributed by atoms with van der Waals surface area (Å²) in [4.78, 5) is 4.69. The van der Waals surface area contributed by atoms with Crippen molar-refractivity contribution < 1.29 is 4.74 Å². The average molecular weight is 500 g/mol. The van der Waals surface area contributed by atoms with Crippen LogP contribution in [0.25, 0.3) is 0 Å². The van der Waals surface area contributed by atoms with Crippen molar-refractivity contribution in [3.63, 3.8) is 0 Å². The summed E-state index contributed by atoms with van der Waals surface area (Å²) in [7, 11) is 3.67. The molecule has 7 nitrogen and oxygen atoms in total. The molecule has 28 heavy (non-hydrogen) atoms. The van der Waals surface area contributed by atoms with Crippen molar-refractivity contribution in [3.8, 4) is 0 Å². The van der Waals surface area contributed by atoms with Gasteiger partial charge >= 0.3 is 0 Å². The molecule has 0 saturated carbocycles. The molecule has 0 amide bonds. The van der Waals surface area contributed by atoms with Gasteiger partial charge in [0.25, 0.3) is 0 Å². The molecule has 0 aliphatic rings. The molecular weight excluding hydrogens is 467 g/mol. The van der Waals surface area contributed by atoms with Crippen LogP contribution in [0.3, 0.4) is 0 Å². The van der Waals surface area contributed by atoms with E-state index in [0.29, 0.717) is 6.54 Å². The largest absolute Gasteiger partial charge is 0.385 e. The second-order valence-electron chi connectivity index (χ2n) is 7.26. The first-order valence-corrected chi connectivity index (χ1v) is 9.35. The lowest BCUT2D eigenvalue weighted by atomic mass is 9.85. The van der Waals surface area contributed by atoms with Crippen molar-refractivity contribution in [1.29, 1.82) is 0 Å². The summed E-state index contributed by atoms with van der Waals surface area (Å²) in [5, 5.41) is 15.1. The molecule has 2 rings (SSSR count). The average Bonchev–Trinajstić information content (AvgIpc) is 2.99. The van der Waals surface area contributed by atoms with E-state index < -0.39 is 0 Å². The normalized spacial score (nSPS) is 11.8. The predicted molar refractivity (Wildman–Crippen MR) is 124 cm³/mol. The fraction of sp³-hybridized carbons (Fsp3) is 0.550. The van der Waals surface area contributed by atoms with Crippen LogP contribution in [-0.4, -0.2) is 47.5 Å². The lowest BCUT2D eigenvalue weighted by Gasteiger charge is -2.27. The Morgan fingerprint density at radius 3 is 2.50 bits per heavy atom. The molecule has 0 aliphatic heterocycles. The van der Waals surface area contributed by atoms with Gasteiger partial charge in [-0.1, -0.05) is 44.2 Å². The van der Waals surface area contributed by atoms with Gasteiger partial charge in [0.2, 0.25) is 0 Å². The van der Waals surface area contributed by atoms with E-state index in [1.54, 1.807) is 7.11 Å². The van der Waals surface area contributed by atoms with Crippen LogP contribution in [0, 0.1) is 6.92 Å². The van der Waals surface area contributed by atoms with Crippen molar-refractivity contribution in [1.82, 2.24) is 25.4 Å². The van der Waals surface area contributed by atoms with Crippen molar-refractivity contribution in [2.75, 3.05) is 26.8 Å². The summed E-state index contributed by atoms with van der Waals surface area (Å²) in [5.74, 6) is 2.50. The van der Waals surface area contributed by atoms with Gasteiger partial charge < -0.3 is 19.9 Å². The maximum absolute atomic E-state index is 5.12. The summed E-state index contributed by atoms with van der Waals surface area (Å²) in [6.45, 7) is 9.15. The number of hydrogen-bond acceptors (Lipinski definition) is 4. The van der Waals surface area contributed by atoms with Crippen LogP contribution in [0.4, 0.5) is 0 Å². The summed E-state index contributed by atoms with van der Waals surface area (Å²) >= 11 is 0. The SMILES string of the molecule is COCCCNC(=NCc1nnc(C)n1C)NCC(C)(C)c1ccccc1.I. The number of aryl methyl sites for hydroxylation is 1. The fourth-order valence-electron chi connectivity index (χ4n) is 2.63. The van der Waals surface area contributed by atoms with Crippen molar-refractivity contribution >= 4 is 29.9 Å². The molecule has 0 fully saturated rings. The molecule has 0 saturated heterocycles. The monoisotopic (exact) mass is 500 g/mol. The van der Waals surface area contributed by atoms with Crippen LogP contribution < -0.4 is 10.6 Å². The van der Waals surface area contributed by atoms with Gasteiger partial charge in [0.1, 0.15) is 12.4 Å². The molecule has 0 spiro atoms. The van der Waals surface area contributed by atoms with E-state index in [1.165, 1.54) is 5.56 Å². The number of aromatic nitrogens is 3. The van der Waals surface area contributed by atoms with Gasteiger partial charge in [0, 0.05) is 39.3 Å². The summed E-state index contributed by atoms with van der Waals surface area (Å²) in [6, 6.07) is 10.5. The van der Waals surface area contributed by atoms with Gasteiger partial charge in [-0.05, 0) is 18.9 Å². The highest BCUT2D eigenvalue weighted by Gasteiger charge is 2.20. The molecule has 2 N–H and O–H groups in total. The van der Waals surface area contributed by atoms with E-state index in [2.05, 4.69) is 58.9 Å². The smallest absolute Gasteiger partial charge is 0.191 e. The molecule has 8 heteroatoms. The Bertz CT molecular complexity index is 730. The molecule has 0 atom stereocenters. The quantitative estimate of drug-likeness (QED) is 0.240. The first-order valence-electron chi connectivity index (χ1n) is 9.35. The zero-order chi connectivity index (χ0) is 19.7. The molecule has 0 aliphatic carbocycles. The number of aliphatic imine (C=N–C) groups is 1. The molecule has 156 valence electrons. The second kappa shape index (κ2) is 12.0. The Kier molecular flexibility index (Phi) is 10.4. The van der Waals surface area contributed by atoms with Gasteiger partial charge in [-0.15, -0.1) is 34.2 Å². The molecule has 2 aromatic rings. The van der Waals surface area contributed by atoms with Gasteiger partial charge in [-0.3, -0.25) is 0 Å². The summed E-state index contributed by atoms with van der Waals surface area (Å²) in [6.07, 6.45) is 0.919. The highest BCUT2D eigenvalue weighted by atomic mass is 127. The van der Waals surface area contributed by atoms with Crippen molar-refractivity contribution in [2.45, 2.75) is 39.2 Å². The standard InChI is InChI=1S/C20H32N6O.HI/c1-16-24-25-18(26(16)4)14-22-19(21-12-9-13-27-5)23-15-20(2,3)17-10-7-6-8-11-17;/h6-8,10-11H,9,12-15H2,1-5H3,(H2,21,22,23);1H. The number of ether oxygens (including phenoxy) is 1. The van der Waals surface area contributed by atoms with Crippen LogP contribution >= 0.6 is 24.0 Å². The molecule has 0 radical (unpaired) electrons. The molecule has 0 unspecified atom stereocenters. The van der Waals surface area contributed by atoms with Crippen molar-refractivity contribution in [3.05, 3.63) is 47.5 Å². The number of nitrogens with one attached hydrogen (secondary N) is 2. The topological polar surface area (TPSA) is 76.4 Å². The van der Waals surface area contributed by atoms with Crippen molar-refractivity contribution in [2.24, 2.45) is 12.0 Å². The minimum Gasteiger partial charge on any atom is -0.385 e. The first kappa shape index (κ1) is 24.4. The van der Waals surface area contributed by atoms with Crippen LogP contribution in [0.2, 0.25) is 0 Å². The number of methoxy groups -OCH3 is 1. The molecule has 1 heterocycles. The first-order chi connectivity index (χ1) is 12.9. The lowest BCUT2D eigenvalue weighted by molar-refractivity contribution is 0.195. The van der Waals surface area contributed by atoms with E-state index in [1.807, 2.05) is 24.6 Å². The van der Waals surface area contributed by atoms with Gasteiger partial charge in [-0.25, -0.2) is 4.99 Å². The maximum Gasteiger partial charge on any atom is 0.191 e. The highest BCUT2D eigenvalue weighted by Crippen LogP contribution is 2.21. The summed E-state index contributed by atoms with van der Waals surface area (Å²) in [5.41, 5.74) is 1.28. The number of halogens is 1. The van der Waals surface area contributed by atoms with Crippen LogP contribution in [0.15, 0.2) is 35.3 Å². The molecule has 1 aromatic heterocycles. The van der Waals surface area contributed by atoms with E-state index in [0.717, 1.165) is 43.7 Å². The third kappa shape index (κ3) is 7.38. The van der Waals surface area contributed by atoms with Gasteiger partial charge in [0.15, 0.2) is 11.8 Å². The van der Waals surface area contributed by atoms with E-state index >= 15 is 0 Å². The number of hydrogen-bond donors (Lipinski definition) is 2. The Balaban J connectivity index is 0.00000392. The summed E-state index contributed by atoms with van der Waals surface area (Å²) < 4.78 is 7.08. The minimum absolute atomic E-state index is 0. The molecule has 0 bridgehead atoms. The zero-order valence-electron chi connectivity index (χ0n) is 17.5. The predicted octanol–water partition coefficient (Wildman–Crippen LogP) is 2.79. The maximum atomic E-state index is 5.12. The molecule has 1 aromatic carbocycles. The Morgan fingerprint density at radius 2 is 1.89 bits per heavy atom. The molecular formula is C20H33IN6O. The zero-order valence-corrected chi connectivity index (χ0v) is 19.9.